The fourth-order valence-electron chi connectivity index (χ4n) is 0.328. The number of aliphatic hydroxyl groups is 1. The molecule has 0 saturated carbocycles. The van der Waals surface area contributed by atoms with E-state index in [1.807, 2.05) is 6.92 Å². The maximum absolute atomic E-state index is 8.94. The zero-order valence-electron chi connectivity index (χ0n) is 6.66. The molecule has 0 heterocycles. The summed E-state index contributed by atoms with van der Waals surface area (Å²) in [4.78, 5) is 0. The van der Waals surface area contributed by atoms with Crippen LogP contribution >= 0.6 is 0 Å². The molecule has 2 nitrogen and oxygen atoms in total. The van der Waals surface area contributed by atoms with Gasteiger partial charge in [-0.05, 0) is 26.8 Å². The van der Waals surface area contributed by atoms with Gasteiger partial charge in [0.25, 0.3) is 0 Å². The van der Waals surface area contributed by atoms with Gasteiger partial charge in [0.05, 0.1) is 6.10 Å². The van der Waals surface area contributed by atoms with E-state index < -0.39 is 6.10 Å². The Bertz CT molecular complexity index is 132. The highest BCUT2D eigenvalue weighted by Crippen LogP contribution is 1.96. The van der Waals surface area contributed by atoms with Crippen LogP contribution in [0.3, 0.4) is 0 Å². The van der Waals surface area contributed by atoms with Gasteiger partial charge in [0.2, 0.25) is 0 Å². The number of ether oxygens (including phenoxy) is 1. The van der Waals surface area contributed by atoms with E-state index in [1.54, 1.807) is 19.9 Å². The first-order valence-corrected chi connectivity index (χ1v) is 3.37. The van der Waals surface area contributed by atoms with Crippen LogP contribution in [-0.2, 0) is 4.74 Å². The fraction of sp³-hybridized carbons (Fsp3) is 0.625. The summed E-state index contributed by atoms with van der Waals surface area (Å²) in [6.45, 7) is 5.35. The molecule has 10 heavy (non-hydrogen) atoms. The third-order valence-electron chi connectivity index (χ3n) is 1.20. The van der Waals surface area contributed by atoms with Crippen molar-refractivity contribution in [1.82, 2.24) is 0 Å². The highest BCUT2D eigenvalue weighted by Gasteiger charge is 2.05. The number of allylic oxidation sites excluding steroid dienone is 1. The number of hydrogen-bond donors (Lipinski definition) is 1. The van der Waals surface area contributed by atoms with E-state index in [2.05, 4.69) is 5.73 Å². The molecule has 0 fully saturated rings. The third kappa shape index (κ3) is 4.19. The second-order valence-corrected chi connectivity index (χ2v) is 2.15. The van der Waals surface area contributed by atoms with Gasteiger partial charge in [-0.15, -0.1) is 0 Å². The summed E-state index contributed by atoms with van der Waals surface area (Å²) in [5.74, 6) is 0. The van der Waals surface area contributed by atoms with Crippen LogP contribution in [0.4, 0.5) is 0 Å². The Morgan fingerprint density at radius 1 is 1.50 bits per heavy atom. The van der Waals surface area contributed by atoms with Crippen LogP contribution in [0.15, 0.2) is 18.1 Å². The van der Waals surface area contributed by atoms with E-state index in [4.69, 9.17) is 9.84 Å². The van der Waals surface area contributed by atoms with Gasteiger partial charge in [0, 0.05) is 0 Å². The summed E-state index contributed by atoms with van der Waals surface area (Å²) in [5, 5.41) is 8.94. The van der Waals surface area contributed by atoms with Crippen molar-refractivity contribution in [1.29, 1.82) is 0 Å². The zero-order valence-corrected chi connectivity index (χ0v) is 6.66. The van der Waals surface area contributed by atoms with Gasteiger partial charge in [-0.25, -0.2) is 0 Å². The topological polar surface area (TPSA) is 29.5 Å². The molecule has 0 amide bonds. The highest BCUT2D eigenvalue weighted by atomic mass is 16.5. The Balaban J connectivity index is 3.59. The molecule has 2 heteroatoms. The number of aliphatic hydroxyl groups excluding tert-OH is 1. The minimum absolute atomic E-state index is 0.160. The molecule has 1 N–H and O–H groups in total. The van der Waals surface area contributed by atoms with Crippen molar-refractivity contribution in [2.24, 2.45) is 0 Å². The molecule has 0 aliphatic carbocycles. The standard InChI is InChI=1S/C8H14O2/c1-4-5-6-10-8(3)7(2)9/h4,6-9H,1-3H3. The normalized spacial score (nSPS) is 14.8. The highest BCUT2D eigenvalue weighted by molar-refractivity contribution is 4.75. The van der Waals surface area contributed by atoms with Crippen LogP contribution in [0, 0.1) is 0 Å². The molecule has 0 radical (unpaired) electrons. The van der Waals surface area contributed by atoms with Gasteiger partial charge in [0.1, 0.15) is 12.4 Å². The van der Waals surface area contributed by atoms with Crippen LogP contribution in [-0.4, -0.2) is 17.3 Å². The predicted octanol–water partition coefficient (Wildman–Crippen LogP) is 1.46. The lowest BCUT2D eigenvalue weighted by Crippen LogP contribution is -2.20. The Hall–Kier alpha value is -0.720. The summed E-state index contributed by atoms with van der Waals surface area (Å²) in [6, 6.07) is 0. The Morgan fingerprint density at radius 2 is 2.10 bits per heavy atom. The van der Waals surface area contributed by atoms with Crippen molar-refractivity contribution < 1.29 is 9.84 Å². The zero-order chi connectivity index (χ0) is 7.98. The SMILES string of the molecule is CC=C=COC(C)C(C)O. The molecule has 0 aromatic carbocycles. The molecule has 2 atom stereocenters. The van der Waals surface area contributed by atoms with Crippen molar-refractivity contribution in [2.45, 2.75) is 33.0 Å². The van der Waals surface area contributed by atoms with Crippen LogP contribution in [0.1, 0.15) is 20.8 Å². The van der Waals surface area contributed by atoms with Gasteiger partial charge >= 0.3 is 0 Å². The molecule has 0 aliphatic rings. The van der Waals surface area contributed by atoms with Gasteiger partial charge in [0.15, 0.2) is 0 Å². The average Bonchev–Trinajstić information content (AvgIpc) is 1.88. The largest absolute Gasteiger partial charge is 0.487 e. The second-order valence-electron chi connectivity index (χ2n) is 2.15. The lowest BCUT2D eigenvalue weighted by Gasteiger charge is -2.12. The van der Waals surface area contributed by atoms with E-state index in [-0.39, 0.29) is 6.10 Å². The molecule has 58 valence electrons. The van der Waals surface area contributed by atoms with Gasteiger partial charge in [-0.3, -0.25) is 0 Å². The minimum Gasteiger partial charge on any atom is -0.487 e. The molecule has 0 rings (SSSR count). The quantitative estimate of drug-likeness (QED) is 0.477. The van der Waals surface area contributed by atoms with Crippen molar-refractivity contribution in [2.75, 3.05) is 0 Å². The van der Waals surface area contributed by atoms with E-state index in [0.29, 0.717) is 0 Å². The van der Waals surface area contributed by atoms with Crippen molar-refractivity contribution in [3.05, 3.63) is 18.1 Å². The summed E-state index contributed by atoms with van der Waals surface area (Å²) in [5.41, 5.74) is 2.75. The van der Waals surface area contributed by atoms with Crippen molar-refractivity contribution in [3.8, 4) is 0 Å². The molecule has 0 aromatic rings. The monoisotopic (exact) mass is 142 g/mol. The molecule has 0 spiro atoms. The van der Waals surface area contributed by atoms with E-state index in [1.165, 1.54) is 6.26 Å². The van der Waals surface area contributed by atoms with Gasteiger partial charge in [-0.2, -0.15) is 0 Å². The summed E-state index contributed by atoms with van der Waals surface area (Å²) >= 11 is 0. The summed E-state index contributed by atoms with van der Waals surface area (Å²) < 4.78 is 5.03. The maximum Gasteiger partial charge on any atom is 0.125 e. The minimum atomic E-state index is -0.435. The first kappa shape index (κ1) is 9.28. The fourth-order valence-corrected chi connectivity index (χ4v) is 0.328. The molecule has 0 aliphatic heterocycles. The van der Waals surface area contributed by atoms with E-state index >= 15 is 0 Å². The molecular weight excluding hydrogens is 128 g/mol. The Kier molecular flexibility index (Phi) is 4.73. The van der Waals surface area contributed by atoms with E-state index in [9.17, 15) is 0 Å². The van der Waals surface area contributed by atoms with Crippen molar-refractivity contribution in [3.63, 3.8) is 0 Å². The predicted molar refractivity (Wildman–Crippen MR) is 40.6 cm³/mol. The van der Waals surface area contributed by atoms with Gasteiger partial charge < -0.3 is 9.84 Å². The first-order chi connectivity index (χ1) is 4.68. The molecule has 0 saturated heterocycles. The van der Waals surface area contributed by atoms with Crippen molar-refractivity contribution >= 4 is 0 Å². The maximum atomic E-state index is 8.94. The Labute approximate surface area is 61.8 Å². The first-order valence-electron chi connectivity index (χ1n) is 3.37. The average molecular weight is 142 g/mol. The van der Waals surface area contributed by atoms with Crippen LogP contribution in [0.2, 0.25) is 0 Å². The van der Waals surface area contributed by atoms with Crippen LogP contribution in [0.5, 0.6) is 0 Å². The summed E-state index contributed by atoms with van der Waals surface area (Å²) in [6.07, 6.45) is 2.61. The number of hydrogen-bond acceptors (Lipinski definition) is 2. The molecule has 2 unspecified atom stereocenters. The third-order valence-corrected chi connectivity index (χ3v) is 1.20. The lowest BCUT2D eigenvalue weighted by atomic mass is 10.3. The smallest absolute Gasteiger partial charge is 0.125 e. The van der Waals surface area contributed by atoms with Crippen LogP contribution in [0.25, 0.3) is 0 Å². The molecule has 0 bridgehead atoms. The van der Waals surface area contributed by atoms with Crippen LogP contribution < -0.4 is 0 Å². The number of rotatable bonds is 3. The molecule has 0 aromatic heterocycles. The van der Waals surface area contributed by atoms with Gasteiger partial charge in [-0.1, -0.05) is 5.73 Å². The molecular formula is C8H14O2. The lowest BCUT2D eigenvalue weighted by molar-refractivity contribution is 0.0320. The second kappa shape index (κ2) is 5.10. The Morgan fingerprint density at radius 3 is 2.50 bits per heavy atom. The van der Waals surface area contributed by atoms with E-state index in [0.717, 1.165) is 0 Å². The summed E-state index contributed by atoms with van der Waals surface area (Å²) in [7, 11) is 0.